The molecule has 0 aliphatic rings. The summed E-state index contributed by atoms with van der Waals surface area (Å²) in [5, 5.41) is 10.7. The van der Waals surface area contributed by atoms with E-state index in [-0.39, 0.29) is 0 Å². The molecular formula is C18H11N2S+. The third-order valence-electron chi connectivity index (χ3n) is 3.98. The Morgan fingerprint density at radius 1 is 0.810 bits per heavy atom. The molecule has 5 rings (SSSR count). The van der Waals surface area contributed by atoms with E-state index in [0.717, 1.165) is 11.0 Å². The molecule has 0 unspecified atom stereocenters. The molecule has 0 atom stereocenters. The summed E-state index contributed by atoms with van der Waals surface area (Å²) < 4.78 is 3.41. The van der Waals surface area contributed by atoms with Gasteiger partial charge in [-0.3, -0.25) is 0 Å². The fourth-order valence-corrected chi connectivity index (χ4v) is 3.96. The Balaban J connectivity index is 2.18. The van der Waals surface area contributed by atoms with Gasteiger partial charge in [-0.1, -0.05) is 30.3 Å². The lowest BCUT2D eigenvalue weighted by atomic mass is 10.1. The van der Waals surface area contributed by atoms with E-state index in [1.807, 2.05) is 6.07 Å². The number of pyridine rings is 1. The molecule has 0 amide bonds. The first-order chi connectivity index (χ1) is 10.4. The summed E-state index contributed by atoms with van der Waals surface area (Å²) in [6, 6.07) is 21.2. The van der Waals surface area contributed by atoms with Crippen LogP contribution in [0.15, 0.2) is 66.0 Å². The van der Waals surface area contributed by atoms with E-state index < -0.39 is 0 Å². The first-order valence-electron chi connectivity index (χ1n) is 6.91. The van der Waals surface area contributed by atoms with Crippen molar-refractivity contribution in [3.8, 4) is 0 Å². The van der Waals surface area contributed by atoms with Crippen molar-refractivity contribution in [3.63, 3.8) is 0 Å². The van der Waals surface area contributed by atoms with Gasteiger partial charge < -0.3 is 0 Å². The molecule has 3 aromatic heterocycles. The highest BCUT2D eigenvalue weighted by molar-refractivity contribution is 7.18. The SMILES string of the molecule is c1ccc2n[n+]3c4ccccc4c4sccc4c3cc2c1. The number of fused-ring (bicyclic) bond motifs is 7. The van der Waals surface area contributed by atoms with Gasteiger partial charge in [0.1, 0.15) is 5.52 Å². The van der Waals surface area contributed by atoms with E-state index in [9.17, 15) is 0 Å². The molecule has 98 valence electrons. The maximum absolute atomic E-state index is 4.86. The lowest BCUT2D eigenvalue weighted by Crippen LogP contribution is -2.27. The molecule has 0 radical (unpaired) electrons. The van der Waals surface area contributed by atoms with Gasteiger partial charge in [-0.15, -0.1) is 11.3 Å². The van der Waals surface area contributed by atoms with Gasteiger partial charge in [0.15, 0.2) is 0 Å². The Labute approximate surface area is 124 Å². The average Bonchev–Trinajstić information content (AvgIpc) is 3.03. The molecule has 0 N–H and O–H groups in total. The zero-order valence-electron chi connectivity index (χ0n) is 11.2. The van der Waals surface area contributed by atoms with Crippen LogP contribution in [-0.2, 0) is 0 Å². The quantitative estimate of drug-likeness (QED) is 0.235. The molecule has 2 aromatic carbocycles. The highest BCUT2D eigenvalue weighted by atomic mass is 32.1. The summed E-state index contributed by atoms with van der Waals surface area (Å²) in [5.74, 6) is 0. The maximum Gasteiger partial charge on any atom is 0.248 e. The molecule has 5 aromatic rings. The van der Waals surface area contributed by atoms with E-state index in [1.165, 1.54) is 26.4 Å². The normalized spacial score (nSPS) is 11.8. The van der Waals surface area contributed by atoms with Gasteiger partial charge in [0.05, 0.1) is 15.5 Å². The number of para-hydroxylation sites is 1. The van der Waals surface area contributed by atoms with Crippen LogP contribution in [0.3, 0.4) is 0 Å². The van der Waals surface area contributed by atoms with Gasteiger partial charge in [-0.25, -0.2) is 0 Å². The summed E-state index contributed by atoms with van der Waals surface area (Å²) >= 11 is 1.80. The summed E-state index contributed by atoms with van der Waals surface area (Å²) in [7, 11) is 0. The topological polar surface area (TPSA) is 17.0 Å². The van der Waals surface area contributed by atoms with Gasteiger partial charge in [0.25, 0.3) is 0 Å². The number of aromatic nitrogens is 2. The molecule has 0 aliphatic heterocycles. The van der Waals surface area contributed by atoms with E-state index >= 15 is 0 Å². The Morgan fingerprint density at radius 3 is 2.62 bits per heavy atom. The molecule has 3 heteroatoms. The zero-order chi connectivity index (χ0) is 13.8. The molecular weight excluding hydrogens is 276 g/mol. The smallest absolute Gasteiger partial charge is 0.143 e. The van der Waals surface area contributed by atoms with Crippen molar-refractivity contribution in [2.75, 3.05) is 0 Å². The maximum atomic E-state index is 4.86. The number of nitrogens with zero attached hydrogens (tertiary/aromatic N) is 2. The van der Waals surface area contributed by atoms with E-state index in [2.05, 4.69) is 64.5 Å². The number of rotatable bonds is 0. The second-order valence-corrected chi connectivity index (χ2v) is 6.10. The number of hydrogen-bond donors (Lipinski definition) is 0. The van der Waals surface area contributed by atoms with Crippen molar-refractivity contribution in [2.24, 2.45) is 0 Å². The van der Waals surface area contributed by atoms with E-state index in [1.54, 1.807) is 11.3 Å². The molecule has 0 saturated carbocycles. The van der Waals surface area contributed by atoms with Crippen molar-refractivity contribution < 1.29 is 4.52 Å². The van der Waals surface area contributed by atoms with Gasteiger partial charge in [-0.05, 0) is 28.1 Å². The van der Waals surface area contributed by atoms with Crippen LogP contribution in [0.2, 0.25) is 0 Å². The van der Waals surface area contributed by atoms with Crippen LogP contribution in [0, 0.1) is 0 Å². The van der Waals surface area contributed by atoms with Crippen molar-refractivity contribution in [3.05, 3.63) is 66.0 Å². The van der Waals surface area contributed by atoms with Crippen molar-refractivity contribution in [1.29, 1.82) is 0 Å². The molecule has 0 fully saturated rings. The fraction of sp³-hybridized carbons (Fsp3) is 0. The molecule has 3 heterocycles. The number of hydrogen-bond acceptors (Lipinski definition) is 2. The second kappa shape index (κ2) is 3.99. The summed E-state index contributed by atoms with van der Waals surface area (Å²) in [6.45, 7) is 0. The van der Waals surface area contributed by atoms with Crippen molar-refractivity contribution >= 4 is 48.7 Å². The van der Waals surface area contributed by atoms with Crippen LogP contribution in [0.25, 0.3) is 37.4 Å². The van der Waals surface area contributed by atoms with E-state index in [0.29, 0.717) is 0 Å². The third-order valence-corrected chi connectivity index (χ3v) is 4.93. The Bertz CT molecular complexity index is 1140. The first-order valence-corrected chi connectivity index (χ1v) is 7.79. The molecule has 0 spiro atoms. The predicted octanol–water partition coefficient (Wildman–Crippen LogP) is 4.34. The van der Waals surface area contributed by atoms with E-state index in [4.69, 9.17) is 5.10 Å². The number of thiophene rings is 1. The predicted molar refractivity (Wildman–Crippen MR) is 87.8 cm³/mol. The van der Waals surface area contributed by atoms with Gasteiger partial charge in [0.2, 0.25) is 11.0 Å². The summed E-state index contributed by atoms with van der Waals surface area (Å²) in [6.07, 6.45) is 0. The molecule has 0 saturated heterocycles. The van der Waals surface area contributed by atoms with Crippen LogP contribution in [-0.4, -0.2) is 5.10 Å². The van der Waals surface area contributed by atoms with Crippen LogP contribution in [0.4, 0.5) is 0 Å². The van der Waals surface area contributed by atoms with Crippen molar-refractivity contribution in [2.45, 2.75) is 0 Å². The fourth-order valence-electron chi connectivity index (χ4n) is 3.02. The van der Waals surface area contributed by atoms with Crippen molar-refractivity contribution in [1.82, 2.24) is 5.10 Å². The highest BCUT2D eigenvalue weighted by Gasteiger charge is 2.18. The van der Waals surface area contributed by atoms with Gasteiger partial charge in [0, 0.05) is 22.6 Å². The van der Waals surface area contributed by atoms with Crippen LogP contribution in [0.5, 0.6) is 0 Å². The Hall–Kier alpha value is -2.52. The zero-order valence-corrected chi connectivity index (χ0v) is 12.0. The monoisotopic (exact) mass is 287 g/mol. The third kappa shape index (κ3) is 1.46. The van der Waals surface area contributed by atoms with Gasteiger partial charge in [-0.2, -0.15) is 0 Å². The van der Waals surface area contributed by atoms with Crippen LogP contribution >= 0.6 is 11.3 Å². The van der Waals surface area contributed by atoms with Gasteiger partial charge >= 0.3 is 0 Å². The standard InChI is InChI=1S/C18H11N2S/c1-3-7-15-12(5-1)11-17-14-9-10-21-18(14)13-6-2-4-8-16(13)20(17)19-15/h1-11H/q+1. The largest absolute Gasteiger partial charge is 0.248 e. The molecule has 21 heavy (non-hydrogen) atoms. The summed E-state index contributed by atoms with van der Waals surface area (Å²) in [5.41, 5.74) is 3.35. The minimum absolute atomic E-state index is 1.02. The lowest BCUT2D eigenvalue weighted by molar-refractivity contribution is -0.548. The van der Waals surface area contributed by atoms with Crippen LogP contribution < -0.4 is 4.52 Å². The van der Waals surface area contributed by atoms with Crippen LogP contribution in [0.1, 0.15) is 0 Å². The lowest BCUT2D eigenvalue weighted by Gasteiger charge is -2.00. The molecule has 0 aliphatic carbocycles. The number of benzene rings is 2. The minimum Gasteiger partial charge on any atom is -0.143 e. The average molecular weight is 287 g/mol. The minimum atomic E-state index is 1.02. The first kappa shape index (κ1) is 11.2. The highest BCUT2D eigenvalue weighted by Crippen LogP contribution is 2.30. The molecule has 2 nitrogen and oxygen atoms in total. The second-order valence-electron chi connectivity index (χ2n) is 5.18. The summed E-state index contributed by atoms with van der Waals surface area (Å²) in [4.78, 5) is 0. The Kier molecular flexibility index (Phi) is 2.12. The molecule has 0 bridgehead atoms. The Morgan fingerprint density at radius 2 is 1.62 bits per heavy atom.